The van der Waals surface area contributed by atoms with Gasteiger partial charge in [-0.1, -0.05) is 19.9 Å². The van der Waals surface area contributed by atoms with Crippen molar-refractivity contribution in [2.24, 2.45) is 28.9 Å². The molecule has 0 aromatic carbocycles. The maximum Gasteiger partial charge on any atom is 0.405 e. The highest BCUT2D eigenvalue weighted by Crippen LogP contribution is 2.57. The highest BCUT2D eigenvalue weighted by Gasteiger charge is 2.57. The SMILES string of the molecule is CCNC(=O)C(C)(C)/C=C/n1ncc(C(=O)NC2C3CC4CC2CC(OC(N)=O)(C4)C3)c1SC(C)C. The second kappa shape index (κ2) is 10.1. The maximum absolute atomic E-state index is 13.5. The van der Waals surface area contributed by atoms with Crippen LogP contribution in [0.1, 0.15) is 77.1 Å². The third kappa shape index (κ3) is 5.43. The molecule has 0 aliphatic heterocycles. The van der Waals surface area contributed by atoms with E-state index in [-0.39, 0.29) is 34.9 Å². The lowest BCUT2D eigenvalue weighted by Gasteiger charge is -2.58. The van der Waals surface area contributed by atoms with Crippen molar-refractivity contribution in [3.05, 3.63) is 17.8 Å². The first-order valence-corrected chi connectivity index (χ1v) is 13.8. The third-order valence-corrected chi connectivity index (χ3v) is 8.83. The van der Waals surface area contributed by atoms with Gasteiger partial charge in [-0.3, -0.25) is 9.59 Å². The topological polar surface area (TPSA) is 128 Å². The van der Waals surface area contributed by atoms with Crippen molar-refractivity contribution in [2.45, 2.75) is 88.6 Å². The first-order chi connectivity index (χ1) is 16.9. The van der Waals surface area contributed by atoms with Crippen LogP contribution in [0.25, 0.3) is 6.20 Å². The van der Waals surface area contributed by atoms with Gasteiger partial charge in [0.2, 0.25) is 5.91 Å². The van der Waals surface area contributed by atoms with Gasteiger partial charge in [-0.05, 0) is 70.6 Å². The molecule has 0 radical (unpaired) electrons. The van der Waals surface area contributed by atoms with Crippen LogP contribution in [0, 0.1) is 23.2 Å². The van der Waals surface area contributed by atoms with E-state index in [9.17, 15) is 14.4 Å². The van der Waals surface area contributed by atoms with Crippen molar-refractivity contribution in [2.75, 3.05) is 6.54 Å². The van der Waals surface area contributed by atoms with Crippen LogP contribution in [0.4, 0.5) is 4.79 Å². The predicted octanol–water partition coefficient (Wildman–Crippen LogP) is 3.79. The zero-order valence-corrected chi connectivity index (χ0v) is 22.7. The summed E-state index contributed by atoms with van der Waals surface area (Å²) in [6.45, 7) is 10.3. The number of thioether (sulfide) groups is 1. The maximum atomic E-state index is 13.5. The summed E-state index contributed by atoms with van der Waals surface area (Å²) in [5.41, 5.74) is 4.73. The molecule has 1 aromatic rings. The summed E-state index contributed by atoms with van der Waals surface area (Å²) in [6.07, 6.45) is 8.94. The number of aromatic nitrogens is 2. The van der Waals surface area contributed by atoms with Crippen LogP contribution in [-0.2, 0) is 9.53 Å². The second-order valence-electron chi connectivity index (χ2n) is 11.4. The zero-order valence-electron chi connectivity index (χ0n) is 21.9. The number of ether oxygens (including phenoxy) is 1. The summed E-state index contributed by atoms with van der Waals surface area (Å²) < 4.78 is 7.30. The fraction of sp³-hybridized carbons (Fsp3) is 0.692. The Morgan fingerprint density at radius 1 is 1.28 bits per heavy atom. The molecule has 198 valence electrons. The van der Waals surface area contributed by atoms with Crippen molar-refractivity contribution in [1.82, 2.24) is 20.4 Å². The zero-order chi connectivity index (χ0) is 26.3. The lowest BCUT2D eigenvalue weighted by molar-refractivity contribution is -0.137. The molecule has 0 saturated heterocycles. The molecule has 9 nitrogen and oxygen atoms in total. The normalized spacial score (nSPS) is 29.1. The van der Waals surface area contributed by atoms with E-state index in [1.807, 2.05) is 26.8 Å². The average molecular weight is 518 g/mol. The van der Waals surface area contributed by atoms with Gasteiger partial charge in [-0.2, -0.15) is 5.10 Å². The Hall–Kier alpha value is -2.49. The Labute approximate surface area is 217 Å². The largest absolute Gasteiger partial charge is 0.443 e. The number of nitrogens with one attached hydrogen (secondary N) is 2. The van der Waals surface area contributed by atoms with Crippen LogP contribution >= 0.6 is 11.8 Å². The molecule has 4 bridgehead atoms. The van der Waals surface area contributed by atoms with Crippen molar-refractivity contribution >= 4 is 35.9 Å². The monoisotopic (exact) mass is 517 g/mol. The van der Waals surface area contributed by atoms with Gasteiger partial charge >= 0.3 is 6.09 Å². The van der Waals surface area contributed by atoms with E-state index in [0.717, 1.165) is 37.1 Å². The van der Waals surface area contributed by atoms with Crippen LogP contribution in [0.5, 0.6) is 0 Å². The Balaban J connectivity index is 1.52. The fourth-order valence-electron chi connectivity index (χ4n) is 6.43. The van der Waals surface area contributed by atoms with Crippen molar-refractivity contribution < 1.29 is 19.1 Å². The van der Waals surface area contributed by atoms with E-state index in [4.69, 9.17) is 10.5 Å². The fourth-order valence-corrected chi connectivity index (χ4v) is 7.36. The number of carbonyl (C=O) groups is 3. The van der Waals surface area contributed by atoms with Gasteiger partial charge in [0, 0.05) is 24.0 Å². The molecule has 4 fully saturated rings. The molecule has 10 heteroatoms. The molecular weight excluding hydrogens is 478 g/mol. The van der Waals surface area contributed by atoms with Gasteiger partial charge < -0.3 is 21.1 Å². The minimum atomic E-state index is -0.715. The quantitative estimate of drug-likeness (QED) is 0.428. The molecule has 4 aliphatic carbocycles. The molecule has 4 aliphatic rings. The van der Waals surface area contributed by atoms with E-state index in [2.05, 4.69) is 29.6 Å². The summed E-state index contributed by atoms with van der Waals surface area (Å²) in [4.78, 5) is 37.5. The average Bonchev–Trinajstić information content (AvgIpc) is 3.15. The first-order valence-electron chi connectivity index (χ1n) is 12.9. The second-order valence-corrected chi connectivity index (χ2v) is 13.0. The minimum Gasteiger partial charge on any atom is -0.443 e. The van der Waals surface area contributed by atoms with E-state index in [1.54, 1.807) is 28.8 Å². The summed E-state index contributed by atoms with van der Waals surface area (Å²) in [7, 11) is 0. The summed E-state index contributed by atoms with van der Waals surface area (Å²) >= 11 is 1.57. The van der Waals surface area contributed by atoms with Crippen LogP contribution in [0.15, 0.2) is 17.3 Å². The van der Waals surface area contributed by atoms with Crippen LogP contribution in [0.3, 0.4) is 0 Å². The number of nitrogens with zero attached hydrogens (tertiary/aromatic N) is 2. The Bertz CT molecular complexity index is 1030. The highest BCUT2D eigenvalue weighted by molar-refractivity contribution is 7.99. The molecule has 4 N–H and O–H groups in total. The molecule has 36 heavy (non-hydrogen) atoms. The van der Waals surface area contributed by atoms with E-state index < -0.39 is 17.1 Å². The van der Waals surface area contributed by atoms with Gasteiger partial charge in [0.1, 0.15) is 10.6 Å². The molecule has 1 heterocycles. The number of nitrogens with two attached hydrogens (primary N) is 1. The summed E-state index contributed by atoms with van der Waals surface area (Å²) in [5, 5.41) is 11.6. The number of hydrogen-bond donors (Lipinski definition) is 3. The minimum absolute atomic E-state index is 0.0473. The Morgan fingerprint density at radius 3 is 2.53 bits per heavy atom. The molecule has 5 rings (SSSR count). The number of amides is 3. The van der Waals surface area contributed by atoms with Gasteiger partial charge in [0.25, 0.3) is 5.91 Å². The lowest BCUT2D eigenvalue weighted by atomic mass is 9.52. The molecule has 4 saturated carbocycles. The van der Waals surface area contributed by atoms with Crippen molar-refractivity contribution in [1.29, 1.82) is 0 Å². The van der Waals surface area contributed by atoms with Crippen LogP contribution < -0.4 is 16.4 Å². The molecule has 1 aromatic heterocycles. The van der Waals surface area contributed by atoms with Crippen molar-refractivity contribution in [3.63, 3.8) is 0 Å². The van der Waals surface area contributed by atoms with Crippen LogP contribution in [-0.4, -0.2) is 51.1 Å². The third-order valence-electron chi connectivity index (χ3n) is 7.73. The number of primary amides is 1. The summed E-state index contributed by atoms with van der Waals surface area (Å²) in [5.74, 6) is 0.859. The van der Waals surface area contributed by atoms with Crippen LogP contribution in [0.2, 0.25) is 0 Å². The lowest BCUT2D eigenvalue weighted by Crippen LogP contribution is -2.63. The molecule has 2 unspecified atom stereocenters. The standard InChI is InChI=1S/C26H39N5O4S/c1-6-28-23(33)25(4,5)7-8-31-22(36-15(2)3)19(14-29-31)21(32)30-20-17-9-16-10-18(20)13-26(11-16,12-17)35-24(27)34/h7-8,14-18,20H,6,9-13H2,1-5H3,(H2,27,34)(H,28,33)(H,30,32)/b8-7+. The smallest absolute Gasteiger partial charge is 0.405 e. The van der Waals surface area contributed by atoms with Gasteiger partial charge in [-0.25, -0.2) is 9.48 Å². The Kier molecular flexibility index (Phi) is 7.46. The van der Waals surface area contributed by atoms with Crippen molar-refractivity contribution in [3.8, 4) is 0 Å². The molecule has 3 amide bonds. The van der Waals surface area contributed by atoms with Gasteiger partial charge in [0.15, 0.2) is 0 Å². The predicted molar refractivity (Wildman–Crippen MR) is 139 cm³/mol. The Morgan fingerprint density at radius 2 is 1.94 bits per heavy atom. The summed E-state index contributed by atoms with van der Waals surface area (Å²) in [6, 6.07) is 0.0473. The van der Waals surface area contributed by atoms with E-state index in [0.29, 0.717) is 18.0 Å². The number of rotatable bonds is 9. The molecule has 0 spiro atoms. The van der Waals surface area contributed by atoms with E-state index >= 15 is 0 Å². The van der Waals surface area contributed by atoms with E-state index in [1.165, 1.54) is 0 Å². The highest BCUT2D eigenvalue weighted by atomic mass is 32.2. The van der Waals surface area contributed by atoms with Gasteiger partial charge in [-0.15, -0.1) is 11.8 Å². The van der Waals surface area contributed by atoms with Gasteiger partial charge in [0.05, 0.1) is 17.2 Å². The molecular formula is C26H39N5O4S. The molecule has 2 atom stereocenters. The first kappa shape index (κ1) is 26.6. The number of carbonyl (C=O) groups excluding carboxylic acids is 3. The number of hydrogen-bond acceptors (Lipinski definition) is 6.